The van der Waals surface area contributed by atoms with Gasteiger partial charge < -0.3 is 10.4 Å². The fourth-order valence-electron chi connectivity index (χ4n) is 4.22. The van der Waals surface area contributed by atoms with Gasteiger partial charge >= 0.3 is 5.97 Å². The number of carbonyl (C=O) groups is 2. The van der Waals surface area contributed by atoms with Gasteiger partial charge in [-0.25, -0.2) is 8.42 Å². The van der Waals surface area contributed by atoms with Crippen LogP contribution in [0, 0.1) is 5.92 Å². The number of carboxylic acids is 1. The van der Waals surface area contributed by atoms with Crippen molar-refractivity contribution in [3.8, 4) is 0 Å². The molecule has 1 amide bonds. The van der Waals surface area contributed by atoms with Gasteiger partial charge in [0.25, 0.3) is 0 Å². The van der Waals surface area contributed by atoms with E-state index in [4.69, 9.17) is 16.7 Å². The third-order valence-corrected chi connectivity index (χ3v) is 7.42. The number of hydrogen-bond donors (Lipinski definition) is 2. The van der Waals surface area contributed by atoms with Gasteiger partial charge in [-0.1, -0.05) is 43.4 Å². The van der Waals surface area contributed by atoms with Gasteiger partial charge in [0.1, 0.15) is 5.84 Å². The molecule has 31 heavy (non-hydrogen) atoms. The van der Waals surface area contributed by atoms with Crippen LogP contribution in [-0.4, -0.2) is 55.6 Å². The molecule has 2 aliphatic rings. The fraction of sp³-hybridized carbons (Fsp3) is 0.571. The van der Waals surface area contributed by atoms with E-state index in [9.17, 15) is 18.0 Å². The number of nitrogens with one attached hydrogen (secondary N) is 1. The van der Waals surface area contributed by atoms with E-state index in [0.29, 0.717) is 43.2 Å². The van der Waals surface area contributed by atoms with Crippen molar-refractivity contribution in [2.75, 3.05) is 19.3 Å². The highest BCUT2D eigenvalue weighted by Crippen LogP contribution is 2.36. The smallest absolute Gasteiger partial charge is 0.305 e. The first kappa shape index (κ1) is 23.5. The Morgan fingerprint density at radius 2 is 2.03 bits per heavy atom. The van der Waals surface area contributed by atoms with Gasteiger partial charge in [-0.05, 0) is 30.0 Å². The molecule has 1 aliphatic carbocycles. The number of amidine groups is 1. The number of amides is 1. The second-order valence-corrected chi connectivity index (χ2v) is 10.7. The quantitative estimate of drug-likeness (QED) is 0.604. The van der Waals surface area contributed by atoms with E-state index in [0.717, 1.165) is 31.9 Å². The maximum absolute atomic E-state index is 13.2. The Balaban J connectivity index is 1.77. The molecule has 1 aromatic rings. The first-order valence-corrected chi connectivity index (χ1v) is 12.7. The Kier molecular flexibility index (Phi) is 7.59. The third-order valence-electron chi connectivity index (χ3n) is 5.84. The Morgan fingerprint density at radius 1 is 1.32 bits per heavy atom. The molecule has 1 heterocycles. The van der Waals surface area contributed by atoms with Crippen molar-refractivity contribution in [2.45, 2.75) is 55.8 Å². The zero-order chi connectivity index (χ0) is 22.6. The van der Waals surface area contributed by atoms with Crippen molar-refractivity contribution in [1.82, 2.24) is 10.3 Å². The lowest BCUT2D eigenvalue weighted by Gasteiger charge is -2.21. The van der Waals surface area contributed by atoms with Gasteiger partial charge in [-0.3, -0.25) is 14.6 Å². The van der Waals surface area contributed by atoms with Gasteiger partial charge in [0, 0.05) is 25.8 Å². The van der Waals surface area contributed by atoms with Gasteiger partial charge in [0.05, 0.1) is 22.3 Å². The van der Waals surface area contributed by atoms with E-state index in [1.807, 2.05) is 0 Å². The SMILES string of the molecule is CS(=O)(=O)c1ccc([C@@H](CC2CCCC2)C(=O)NC2=NN(CCC(=O)O)CC2)cc1Cl. The number of carboxylic acid groups (broad SMARTS) is 1. The number of carbonyl (C=O) groups excluding carboxylic acids is 1. The van der Waals surface area contributed by atoms with Crippen LogP contribution in [0.5, 0.6) is 0 Å². The summed E-state index contributed by atoms with van der Waals surface area (Å²) in [6.07, 6.45) is 6.73. The summed E-state index contributed by atoms with van der Waals surface area (Å²) in [7, 11) is -3.45. The van der Waals surface area contributed by atoms with Crippen LogP contribution in [0.3, 0.4) is 0 Å². The molecule has 0 radical (unpaired) electrons. The van der Waals surface area contributed by atoms with Crippen molar-refractivity contribution in [1.29, 1.82) is 0 Å². The lowest BCUT2D eigenvalue weighted by molar-refractivity contribution is -0.137. The predicted octanol–water partition coefficient (Wildman–Crippen LogP) is 3.02. The summed E-state index contributed by atoms with van der Waals surface area (Å²) in [6, 6.07) is 4.70. The van der Waals surface area contributed by atoms with E-state index in [-0.39, 0.29) is 22.2 Å². The van der Waals surface area contributed by atoms with E-state index < -0.39 is 21.7 Å². The molecule has 1 saturated carbocycles. The van der Waals surface area contributed by atoms with Crippen LogP contribution in [0.4, 0.5) is 0 Å². The van der Waals surface area contributed by atoms with Crippen LogP contribution in [0.2, 0.25) is 5.02 Å². The summed E-state index contributed by atoms with van der Waals surface area (Å²) >= 11 is 6.24. The Bertz CT molecular complexity index is 973. The molecule has 0 saturated heterocycles. The van der Waals surface area contributed by atoms with Crippen molar-refractivity contribution < 1.29 is 23.1 Å². The summed E-state index contributed by atoms with van der Waals surface area (Å²) in [5, 5.41) is 17.8. The Labute approximate surface area is 187 Å². The van der Waals surface area contributed by atoms with E-state index >= 15 is 0 Å². The molecule has 1 aliphatic heterocycles. The van der Waals surface area contributed by atoms with Gasteiger partial charge in [0.15, 0.2) is 9.84 Å². The summed E-state index contributed by atoms with van der Waals surface area (Å²) in [4.78, 5) is 24.0. The average molecular weight is 470 g/mol. The Morgan fingerprint density at radius 3 is 2.65 bits per heavy atom. The predicted molar refractivity (Wildman–Crippen MR) is 118 cm³/mol. The van der Waals surface area contributed by atoms with Gasteiger partial charge in [-0.2, -0.15) is 5.10 Å². The molecule has 2 N–H and O–H groups in total. The minimum atomic E-state index is -3.45. The standard InChI is InChI=1S/C21H28ClN3O5S/c1-31(29,30)18-7-6-15(13-17(18)22)16(12-14-4-2-3-5-14)21(28)23-19-8-10-25(24-19)11-9-20(26)27/h6-7,13-14,16H,2-5,8-12H2,1H3,(H,26,27)(H,23,24,28)/t16-/m1/s1. The lowest BCUT2D eigenvalue weighted by Crippen LogP contribution is -2.34. The van der Waals surface area contributed by atoms with Crippen LogP contribution in [0.1, 0.15) is 56.4 Å². The minimum Gasteiger partial charge on any atom is -0.481 e. The number of halogens is 1. The first-order chi connectivity index (χ1) is 14.6. The molecule has 1 atom stereocenters. The van der Waals surface area contributed by atoms with E-state index in [1.54, 1.807) is 17.1 Å². The second kappa shape index (κ2) is 9.99. The number of hydrogen-bond acceptors (Lipinski definition) is 6. The molecule has 8 nitrogen and oxygen atoms in total. The molecular formula is C21H28ClN3O5S. The molecule has 3 rings (SSSR count). The van der Waals surface area contributed by atoms with Crippen LogP contribution in [0.15, 0.2) is 28.2 Å². The van der Waals surface area contributed by atoms with Gasteiger partial charge in [0.2, 0.25) is 5.91 Å². The molecule has 1 aromatic carbocycles. The first-order valence-electron chi connectivity index (χ1n) is 10.5. The highest BCUT2D eigenvalue weighted by Gasteiger charge is 2.29. The molecule has 0 spiro atoms. The van der Waals surface area contributed by atoms with E-state index in [1.165, 1.54) is 6.07 Å². The van der Waals surface area contributed by atoms with Crippen LogP contribution in [0.25, 0.3) is 0 Å². The average Bonchev–Trinajstić information content (AvgIpc) is 3.35. The normalized spacial score (nSPS) is 18.1. The summed E-state index contributed by atoms with van der Waals surface area (Å²) in [5.74, 6) is -0.607. The maximum Gasteiger partial charge on any atom is 0.305 e. The molecular weight excluding hydrogens is 442 g/mol. The van der Waals surface area contributed by atoms with Crippen molar-refractivity contribution in [3.63, 3.8) is 0 Å². The highest BCUT2D eigenvalue weighted by atomic mass is 35.5. The number of hydrazone groups is 1. The maximum atomic E-state index is 13.2. The van der Waals surface area contributed by atoms with Crippen LogP contribution >= 0.6 is 11.6 Å². The summed E-state index contributed by atoms with van der Waals surface area (Å²) < 4.78 is 23.8. The lowest BCUT2D eigenvalue weighted by atomic mass is 9.87. The number of aliphatic carboxylic acids is 1. The largest absolute Gasteiger partial charge is 0.481 e. The fourth-order valence-corrected chi connectivity index (χ4v) is 5.56. The van der Waals surface area contributed by atoms with Crippen LogP contribution < -0.4 is 5.32 Å². The van der Waals surface area contributed by atoms with E-state index in [2.05, 4.69) is 10.4 Å². The number of sulfone groups is 1. The summed E-state index contributed by atoms with van der Waals surface area (Å²) in [5.41, 5.74) is 0.683. The topological polar surface area (TPSA) is 116 Å². The second-order valence-electron chi connectivity index (χ2n) is 8.28. The molecule has 0 bridgehead atoms. The highest BCUT2D eigenvalue weighted by molar-refractivity contribution is 7.90. The van der Waals surface area contributed by atoms with Crippen molar-refractivity contribution in [2.24, 2.45) is 11.0 Å². The molecule has 0 aromatic heterocycles. The summed E-state index contributed by atoms with van der Waals surface area (Å²) in [6.45, 7) is 0.855. The monoisotopic (exact) mass is 469 g/mol. The van der Waals surface area contributed by atoms with Crippen LogP contribution in [-0.2, 0) is 19.4 Å². The molecule has 170 valence electrons. The third kappa shape index (κ3) is 6.43. The molecule has 0 unspecified atom stereocenters. The minimum absolute atomic E-state index is 0.0137. The van der Waals surface area contributed by atoms with Gasteiger partial charge in [-0.15, -0.1) is 0 Å². The number of nitrogens with zero attached hydrogens (tertiary/aromatic N) is 2. The zero-order valence-electron chi connectivity index (χ0n) is 17.5. The zero-order valence-corrected chi connectivity index (χ0v) is 19.1. The van der Waals surface area contributed by atoms with Crippen molar-refractivity contribution >= 4 is 39.2 Å². The Hall–Kier alpha value is -2.13. The molecule has 1 fully saturated rings. The van der Waals surface area contributed by atoms with Crippen molar-refractivity contribution in [3.05, 3.63) is 28.8 Å². The molecule has 10 heteroatoms. The number of rotatable bonds is 8. The number of benzene rings is 1.